The van der Waals surface area contributed by atoms with Gasteiger partial charge in [0.25, 0.3) is 6.43 Å². The number of aromatic amines is 1. The summed E-state index contributed by atoms with van der Waals surface area (Å²) in [5, 5.41) is 8.50. The quantitative estimate of drug-likeness (QED) is 0.800. The van der Waals surface area contributed by atoms with Gasteiger partial charge in [0.05, 0.1) is 18.0 Å². The Morgan fingerprint density at radius 3 is 2.62 bits per heavy atom. The predicted octanol–water partition coefficient (Wildman–Crippen LogP) is 1.68. The molecular formula is C9H8ClF2NO3. The maximum atomic E-state index is 12.6. The number of aromatic nitrogens is 1. The Kier molecular flexibility index (Phi) is 4.00. The molecule has 0 saturated carbocycles. The van der Waals surface area contributed by atoms with Gasteiger partial charge in [-0.1, -0.05) is 0 Å². The van der Waals surface area contributed by atoms with Gasteiger partial charge in [-0.15, -0.1) is 11.6 Å². The third kappa shape index (κ3) is 2.79. The Hall–Kier alpha value is -1.43. The minimum absolute atomic E-state index is 0.123. The van der Waals surface area contributed by atoms with E-state index in [-0.39, 0.29) is 11.6 Å². The van der Waals surface area contributed by atoms with Crippen LogP contribution in [0.2, 0.25) is 0 Å². The Labute approximate surface area is 93.9 Å². The number of carboxylic acid groups (broad SMARTS) is 1. The van der Waals surface area contributed by atoms with E-state index in [1.807, 2.05) is 0 Å². The van der Waals surface area contributed by atoms with E-state index in [2.05, 4.69) is 4.98 Å². The minimum Gasteiger partial charge on any atom is -0.481 e. The van der Waals surface area contributed by atoms with Gasteiger partial charge in [0.1, 0.15) is 0 Å². The maximum absolute atomic E-state index is 12.6. The molecule has 0 aliphatic carbocycles. The maximum Gasteiger partial charge on any atom is 0.308 e. The summed E-state index contributed by atoms with van der Waals surface area (Å²) in [6, 6.07) is 1.02. The molecule has 0 fully saturated rings. The smallest absolute Gasteiger partial charge is 0.308 e. The molecule has 0 aliphatic rings. The van der Waals surface area contributed by atoms with Gasteiger partial charge < -0.3 is 10.1 Å². The zero-order chi connectivity index (χ0) is 12.3. The number of hydrogen-bond acceptors (Lipinski definition) is 2. The molecule has 0 aromatic carbocycles. The first-order valence-electron chi connectivity index (χ1n) is 4.26. The van der Waals surface area contributed by atoms with Crippen molar-refractivity contribution in [2.45, 2.75) is 18.7 Å². The van der Waals surface area contributed by atoms with Gasteiger partial charge in [-0.2, -0.15) is 0 Å². The van der Waals surface area contributed by atoms with Crippen LogP contribution in [0.5, 0.6) is 0 Å². The summed E-state index contributed by atoms with van der Waals surface area (Å²) in [5.41, 5.74) is -1.72. The number of halogens is 3. The fraction of sp³-hybridized carbons (Fsp3) is 0.333. The van der Waals surface area contributed by atoms with Crippen molar-refractivity contribution >= 4 is 17.6 Å². The second-order valence-electron chi connectivity index (χ2n) is 3.06. The van der Waals surface area contributed by atoms with E-state index in [1.54, 1.807) is 0 Å². The van der Waals surface area contributed by atoms with Gasteiger partial charge in [-0.05, 0) is 0 Å². The average molecular weight is 252 g/mol. The summed E-state index contributed by atoms with van der Waals surface area (Å²) in [4.78, 5) is 24.1. The first-order valence-corrected chi connectivity index (χ1v) is 4.80. The molecule has 7 heteroatoms. The Morgan fingerprint density at radius 2 is 2.19 bits per heavy atom. The van der Waals surface area contributed by atoms with Crippen LogP contribution in [0.3, 0.4) is 0 Å². The van der Waals surface area contributed by atoms with E-state index >= 15 is 0 Å². The number of hydrogen-bond donors (Lipinski definition) is 2. The summed E-state index contributed by atoms with van der Waals surface area (Å²) < 4.78 is 25.1. The molecule has 0 atom stereocenters. The van der Waals surface area contributed by atoms with E-state index in [4.69, 9.17) is 16.7 Å². The largest absolute Gasteiger partial charge is 0.481 e. The summed E-state index contributed by atoms with van der Waals surface area (Å²) in [6.07, 6.45) is -3.68. The molecule has 1 rings (SSSR count). The van der Waals surface area contributed by atoms with Gasteiger partial charge >= 0.3 is 5.97 Å². The van der Waals surface area contributed by atoms with E-state index in [0.717, 1.165) is 6.07 Å². The fourth-order valence-corrected chi connectivity index (χ4v) is 1.40. The Balaban J connectivity index is 3.34. The number of alkyl halides is 3. The standard InChI is InChI=1S/C9H8ClF2NO3/c10-3-4-1-6(14)5(2-7(15)16)8(13-4)9(11)12/h1,9H,2-3H2,(H,13,14)(H,15,16). The van der Waals surface area contributed by atoms with Gasteiger partial charge in [-0.25, -0.2) is 8.78 Å². The lowest BCUT2D eigenvalue weighted by Crippen LogP contribution is -2.19. The third-order valence-electron chi connectivity index (χ3n) is 1.91. The summed E-state index contributed by atoms with van der Waals surface area (Å²) >= 11 is 5.40. The van der Waals surface area contributed by atoms with E-state index in [1.165, 1.54) is 0 Å². The number of aliphatic carboxylic acids is 1. The summed E-state index contributed by atoms with van der Waals surface area (Å²) in [7, 11) is 0. The number of H-pyrrole nitrogens is 1. The number of nitrogens with one attached hydrogen (secondary N) is 1. The molecule has 0 bridgehead atoms. The van der Waals surface area contributed by atoms with Crippen molar-refractivity contribution in [1.29, 1.82) is 0 Å². The normalized spacial score (nSPS) is 10.8. The van der Waals surface area contributed by atoms with Crippen LogP contribution in [0.4, 0.5) is 8.78 Å². The van der Waals surface area contributed by atoms with Crippen molar-refractivity contribution < 1.29 is 18.7 Å². The zero-order valence-corrected chi connectivity index (χ0v) is 8.72. The molecule has 88 valence electrons. The molecule has 1 aromatic heterocycles. The van der Waals surface area contributed by atoms with Crippen molar-refractivity contribution in [1.82, 2.24) is 4.98 Å². The number of pyridine rings is 1. The van der Waals surface area contributed by atoms with Crippen molar-refractivity contribution in [3.8, 4) is 0 Å². The molecule has 0 radical (unpaired) electrons. The second kappa shape index (κ2) is 5.07. The summed E-state index contributed by atoms with van der Waals surface area (Å²) in [6.45, 7) is 0. The molecule has 0 aliphatic heterocycles. The molecule has 16 heavy (non-hydrogen) atoms. The molecule has 0 amide bonds. The first-order chi connectivity index (χ1) is 7.45. The SMILES string of the molecule is O=C(O)Cc1c(C(F)F)[nH]c(CCl)cc1=O. The molecule has 4 nitrogen and oxygen atoms in total. The Morgan fingerprint density at radius 1 is 1.56 bits per heavy atom. The van der Waals surface area contributed by atoms with E-state index in [9.17, 15) is 18.4 Å². The molecule has 2 N–H and O–H groups in total. The van der Waals surface area contributed by atoms with Crippen molar-refractivity contribution in [2.75, 3.05) is 0 Å². The topological polar surface area (TPSA) is 70.2 Å². The molecule has 0 spiro atoms. The monoisotopic (exact) mass is 251 g/mol. The van der Waals surface area contributed by atoms with Crippen LogP contribution >= 0.6 is 11.6 Å². The highest BCUT2D eigenvalue weighted by atomic mass is 35.5. The fourth-order valence-electron chi connectivity index (χ4n) is 1.25. The van der Waals surface area contributed by atoms with E-state index in [0.29, 0.717) is 0 Å². The van der Waals surface area contributed by atoms with Gasteiger partial charge in [0, 0.05) is 17.3 Å². The minimum atomic E-state index is -2.94. The van der Waals surface area contributed by atoms with Crippen molar-refractivity contribution in [3.63, 3.8) is 0 Å². The van der Waals surface area contributed by atoms with Crippen LogP contribution in [0.15, 0.2) is 10.9 Å². The average Bonchev–Trinajstić information content (AvgIpc) is 2.19. The third-order valence-corrected chi connectivity index (χ3v) is 2.20. The van der Waals surface area contributed by atoms with Crippen LogP contribution < -0.4 is 5.43 Å². The van der Waals surface area contributed by atoms with Crippen LogP contribution in [0.1, 0.15) is 23.4 Å². The van der Waals surface area contributed by atoms with Gasteiger partial charge in [-0.3, -0.25) is 9.59 Å². The second-order valence-corrected chi connectivity index (χ2v) is 3.32. The zero-order valence-electron chi connectivity index (χ0n) is 7.97. The van der Waals surface area contributed by atoms with Crippen LogP contribution in [0, 0.1) is 0 Å². The Bertz CT molecular complexity index is 459. The predicted molar refractivity (Wildman–Crippen MR) is 52.9 cm³/mol. The van der Waals surface area contributed by atoms with E-state index < -0.39 is 35.5 Å². The van der Waals surface area contributed by atoms with Crippen LogP contribution in [-0.2, 0) is 17.1 Å². The summed E-state index contributed by atoms with van der Waals surface area (Å²) in [5.74, 6) is -1.46. The van der Waals surface area contributed by atoms with Gasteiger partial charge in [0.15, 0.2) is 5.43 Å². The highest BCUT2D eigenvalue weighted by molar-refractivity contribution is 6.16. The number of carboxylic acids is 1. The van der Waals surface area contributed by atoms with Crippen molar-refractivity contribution in [2.24, 2.45) is 0 Å². The molecule has 0 saturated heterocycles. The highest BCUT2D eigenvalue weighted by Gasteiger charge is 2.19. The van der Waals surface area contributed by atoms with Crippen LogP contribution in [-0.4, -0.2) is 16.1 Å². The lowest BCUT2D eigenvalue weighted by atomic mass is 10.1. The molecule has 1 aromatic rings. The lowest BCUT2D eigenvalue weighted by molar-refractivity contribution is -0.136. The van der Waals surface area contributed by atoms with Crippen LogP contribution in [0.25, 0.3) is 0 Å². The number of rotatable bonds is 4. The highest BCUT2D eigenvalue weighted by Crippen LogP contribution is 2.19. The molecule has 1 heterocycles. The molecule has 0 unspecified atom stereocenters. The first kappa shape index (κ1) is 12.6. The van der Waals surface area contributed by atoms with Gasteiger partial charge in [0.2, 0.25) is 0 Å². The number of carbonyl (C=O) groups is 1. The molecular weight excluding hydrogens is 244 g/mol. The lowest BCUT2D eigenvalue weighted by Gasteiger charge is -2.08. The van der Waals surface area contributed by atoms with Crippen molar-refractivity contribution in [3.05, 3.63) is 33.2 Å².